The lowest BCUT2D eigenvalue weighted by atomic mass is 10.1. The molecule has 2 N–H and O–H groups in total. The minimum absolute atomic E-state index is 0.0529. The number of anilines is 2. The SMILES string of the molecule is CCN(CC(=O)Nc1ccccc1C(F)(F)F)CC(=O)Nc1c(C)cccc1[N+](=O)[O-]. The molecule has 2 rings (SSSR count). The monoisotopic (exact) mass is 438 g/mol. The van der Waals surface area contributed by atoms with Gasteiger partial charge in [0.15, 0.2) is 0 Å². The van der Waals surface area contributed by atoms with Crippen LogP contribution in [0.2, 0.25) is 0 Å². The number of nitro benzene ring substituents is 1. The van der Waals surface area contributed by atoms with Crippen LogP contribution < -0.4 is 10.6 Å². The average Bonchev–Trinajstić information content (AvgIpc) is 2.68. The molecule has 0 fully saturated rings. The lowest BCUT2D eigenvalue weighted by Crippen LogP contribution is -2.39. The third-order valence-electron chi connectivity index (χ3n) is 4.40. The number of nitrogens with one attached hydrogen (secondary N) is 2. The van der Waals surface area contributed by atoms with Crippen molar-refractivity contribution < 1.29 is 27.7 Å². The number of alkyl halides is 3. The van der Waals surface area contributed by atoms with Gasteiger partial charge in [-0.2, -0.15) is 13.2 Å². The Morgan fingerprint density at radius 3 is 2.23 bits per heavy atom. The van der Waals surface area contributed by atoms with Gasteiger partial charge >= 0.3 is 6.18 Å². The number of hydrogen-bond acceptors (Lipinski definition) is 5. The number of amides is 2. The van der Waals surface area contributed by atoms with Crippen molar-refractivity contribution in [3.8, 4) is 0 Å². The number of halogens is 3. The number of nitrogens with zero attached hydrogens (tertiary/aromatic N) is 2. The molecule has 0 saturated heterocycles. The first-order valence-corrected chi connectivity index (χ1v) is 9.25. The third kappa shape index (κ3) is 6.51. The van der Waals surface area contributed by atoms with Crippen molar-refractivity contribution in [2.75, 3.05) is 30.3 Å². The van der Waals surface area contributed by atoms with E-state index >= 15 is 0 Å². The van der Waals surface area contributed by atoms with E-state index in [1.807, 2.05) is 0 Å². The van der Waals surface area contributed by atoms with Crippen LogP contribution in [0.5, 0.6) is 0 Å². The highest BCUT2D eigenvalue weighted by Crippen LogP contribution is 2.34. The Labute approximate surface area is 176 Å². The summed E-state index contributed by atoms with van der Waals surface area (Å²) in [6.07, 6.45) is -4.63. The molecule has 0 aromatic heterocycles. The second-order valence-corrected chi connectivity index (χ2v) is 6.67. The van der Waals surface area contributed by atoms with Crippen LogP contribution in [0, 0.1) is 17.0 Å². The summed E-state index contributed by atoms with van der Waals surface area (Å²) in [6, 6.07) is 8.93. The fraction of sp³-hybridized carbons (Fsp3) is 0.300. The van der Waals surface area contributed by atoms with E-state index in [4.69, 9.17) is 0 Å². The van der Waals surface area contributed by atoms with Crippen LogP contribution in [0.25, 0.3) is 0 Å². The number of hydrogen-bond donors (Lipinski definition) is 2. The molecule has 2 aromatic carbocycles. The number of likely N-dealkylation sites (N-methyl/N-ethyl adjacent to an activating group) is 1. The van der Waals surface area contributed by atoms with Gasteiger partial charge in [0.25, 0.3) is 5.69 Å². The Morgan fingerprint density at radius 1 is 1.03 bits per heavy atom. The summed E-state index contributed by atoms with van der Waals surface area (Å²) in [5.74, 6) is -1.32. The molecule has 0 saturated carbocycles. The molecule has 2 aromatic rings. The molecule has 0 radical (unpaired) electrons. The number of aryl methyl sites for hydroxylation is 1. The van der Waals surface area contributed by atoms with Crippen LogP contribution in [-0.4, -0.2) is 41.3 Å². The molecule has 0 spiro atoms. The Kier molecular flexibility index (Phi) is 7.70. The third-order valence-corrected chi connectivity index (χ3v) is 4.40. The normalized spacial score (nSPS) is 11.3. The van der Waals surface area contributed by atoms with Crippen LogP contribution >= 0.6 is 0 Å². The van der Waals surface area contributed by atoms with Gasteiger partial charge in [0.1, 0.15) is 5.69 Å². The highest BCUT2D eigenvalue weighted by Gasteiger charge is 2.33. The molecule has 166 valence electrons. The number of carbonyl (C=O) groups excluding carboxylic acids is 2. The highest BCUT2D eigenvalue weighted by atomic mass is 19.4. The molecule has 0 atom stereocenters. The lowest BCUT2D eigenvalue weighted by molar-refractivity contribution is -0.384. The van der Waals surface area contributed by atoms with Gasteiger partial charge in [0.05, 0.1) is 29.3 Å². The van der Waals surface area contributed by atoms with Gasteiger partial charge in [0, 0.05) is 6.07 Å². The van der Waals surface area contributed by atoms with E-state index in [0.29, 0.717) is 5.56 Å². The van der Waals surface area contributed by atoms with Gasteiger partial charge in [-0.25, -0.2) is 0 Å². The van der Waals surface area contributed by atoms with Crippen LogP contribution in [0.3, 0.4) is 0 Å². The van der Waals surface area contributed by atoms with Crippen molar-refractivity contribution in [2.24, 2.45) is 0 Å². The predicted octanol–water partition coefficient (Wildman–Crippen LogP) is 3.82. The van der Waals surface area contributed by atoms with E-state index in [-0.39, 0.29) is 36.7 Å². The van der Waals surface area contributed by atoms with E-state index in [1.165, 1.54) is 29.2 Å². The van der Waals surface area contributed by atoms with Crippen molar-refractivity contribution in [3.63, 3.8) is 0 Å². The smallest absolute Gasteiger partial charge is 0.324 e. The summed E-state index contributed by atoms with van der Waals surface area (Å²) in [5.41, 5.74) is -1.07. The molecule has 2 amide bonds. The van der Waals surface area contributed by atoms with E-state index < -0.39 is 28.5 Å². The van der Waals surface area contributed by atoms with Crippen molar-refractivity contribution in [1.29, 1.82) is 0 Å². The van der Waals surface area contributed by atoms with E-state index in [0.717, 1.165) is 12.1 Å². The topological polar surface area (TPSA) is 105 Å². The van der Waals surface area contributed by atoms with Crippen LogP contribution in [0.1, 0.15) is 18.1 Å². The lowest BCUT2D eigenvalue weighted by Gasteiger charge is -2.20. The first kappa shape index (κ1) is 23.8. The van der Waals surface area contributed by atoms with Crippen molar-refractivity contribution >= 4 is 28.9 Å². The zero-order valence-corrected chi connectivity index (χ0v) is 16.8. The Morgan fingerprint density at radius 2 is 1.65 bits per heavy atom. The molecule has 31 heavy (non-hydrogen) atoms. The molecule has 8 nitrogen and oxygen atoms in total. The second-order valence-electron chi connectivity index (χ2n) is 6.67. The fourth-order valence-electron chi connectivity index (χ4n) is 2.86. The van der Waals surface area contributed by atoms with Gasteiger partial charge in [-0.1, -0.05) is 31.2 Å². The highest BCUT2D eigenvalue weighted by molar-refractivity contribution is 5.96. The second kappa shape index (κ2) is 10.0. The first-order valence-electron chi connectivity index (χ1n) is 9.25. The van der Waals surface area contributed by atoms with Crippen molar-refractivity contribution in [3.05, 3.63) is 63.7 Å². The maximum atomic E-state index is 13.1. The molecule has 0 aliphatic rings. The standard InChI is InChI=1S/C20H21F3N4O4/c1-3-26(11-17(28)24-15-9-5-4-8-14(15)20(21,22)23)12-18(29)25-19-13(2)7-6-10-16(19)27(30)31/h4-10H,3,11-12H2,1-2H3,(H,24,28)(H,25,29). The van der Waals surface area contributed by atoms with E-state index in [9.17, 15) is 32.9 Å². The summed E-state index contributed by atoms with van der Waals surface area (Å²) in [5, 5.41) is 15.9. The fourth-order valence-corrected chi connectivity index (χ4v) is 2.86. The van der Waals surface area contributed by atoms with Gasteiger partial charge in [0.2, 0.25) is 11.8 Å². The molecule has 0 aliphatic carbocycles. The molecule has 11 heteroatoms. The first-order chi connectivity index (χ1) is 14.5. The summed E-state index contributed by atoms with van der Waals surface area (Å²) in [6.45, 7) is 2.89. The number of benzene rings is 2. The number of nitro groups is 1. The Hall–Kier alpha value is -3.47. The van der Waals surface area contributed by atoms with Gasteiger partial charge in [-0.05, 0) is 31.2 Å². The summed E-state index contributed by atoms with van der Waals surface area (Å²) >= 11 is 0. The number of rotatable bonds is 8. The summed E-state index contributed by atoms with van der Waals surface area (Å²) in [4.78, 5) is 36.6. The number of carbonyl (C=O) groups is 2. The van der Waals surface area contributed by atoms with Gasteiger partial charge in [-0.15, -0.1) is 0 Å². The number of para-hydroxylation sites is 2. The molecule has 0 unspecified atom stereocenters. The average molecular weight is 438 g/mol. The molecular formula is C20H21F3N4O4. The van der Waals surface area contributed by atoms with Crippen molar-refractivity contribution in [2.45, 2.75) is 20.0 Å². The molecular weight excluding hydrogens is 417 g/mol. The van der Waals surface area contributed by atoms with Crippen molar-refractivity contribution in [1.82, 2.24) is 4.90 Å². The Balaban J connectivity index is 2.04. The maximum absolute atomic E-state index is 13.1. The van der Waals surface area contributed by atoms with Crippen LogP contribution in [-0.2, 0) is 15.8 Å². The van der Waals surface area contributed by atoms with Gasteiger partial charge < -0.3 is 10.6 Å². The molecule has 0 heterocycles. The zero-order valence-electron chi connectivity index (χ0n) is 16.8. The largest absolute Gasteiger partial charge is 0.418 e. The predicted molar refractivity (Wildman–Crippen MR) is 109 cm³/mol. The summed E-state index contributed by atoms with van der Waals surface area (Å²) in [7, 11) is 0. The van der Waals surface area contributed by atoms with E-state index in [1.54, 1.807) is 19.9 Å². The molecule has 0 bridgehead atoms. The minimum Gasteiger partial charge on any atom is -0.324 e. The van der Waals surface area contributed by atoms with E-state index in [2.05, 4.69) is 10.6 Å². The molecule has 0 aliphatic heterocycles. The Bertz CT molecular complexity index is 979. The van der Waals surface area contributed by atoms with Gasteiger partial charge in [-0.3, -0.25) is 24.6 Å². The quantitative estimate of drug-likeness (QED) is 0.482. The van der Waals surface area contributed by atoms with Crippen LogP contribution in [0.15, 0.2) is 42.5 Å². The zero-order chi connectivity index (χ0) is 23.2. The van der Waals surface area contributed by atoms with Crippen LogP contribution in [0.4, 0.5) is 30.2 Å². The summed E-state index contributed by atoms with van der Waals surface area (Å²) < 4.78 is 39.2. The maximum Gasteiger partial charge on any atom is 0.418 e. The minimum atomic E-state index is -4.63.